The van der Waals surface area contributed by atoms with E-state index in [1.54, 1.807) is 33.1 Å². The molecule has 0 bridgehead atoms. The van der Waals surface area contributed by atoms with Gasteiger partial charge >= 0.3 is 0 Å². The first-order valence-corrected chi connectivity index (χ1v) is 10.3. The second-order valence-electron chi connectivity index (χ2n) is 7.68. The fourth-order valence-electron chi connectivity index (χ4n) is 3.10. The molecule has 1 amide bonds. The molecular weight excluding hydrogens is 390 g/mol. The Hall–Kier alpha value is -3.31. The van der Waals surface area contributed by atoms with Crippen LogP contribution in [0.25, 0.3) is 11.1 Å². The molecular formula is C26H29NO4. The first kappa shape index (κ1) is 22.4. The van der Waals surface area contributed by atoms with Gasteiger partial charge in [0.25, 0.3) is 5.91 Å². The standard InChI is InChI=1S/C26H29NO4/c1-5-30-23-14-16-24(17-15-23)31-26(2,3)25(28)27-22-12-10-21(11-13-22)20-8-6-19(7-9-20)18-29-4/h6-17H,5,18H2,1-4H3,(H,27,28). The number of hydrogen-bond acceptors (Lipinski definition) is 4. The largest absolute Gasteiger partial charge is 0.494 e. The van der Waals surface area contributed by atoms with Crippen molar-refractivity contribution in [2.75, 3.05) is 19.0 Å². The normalized spacial score (nSPS) is 11.1. The highest BCUT2D eigenvalue weighted by molar-refractivity contribution is 5.97. The van der Waals surface area contributed by atoms with Crippen LogP contribution in [0.15, 0.2) is 72.8 Å². The van der Waals surface area contributed by atoms with Crippen LogP contribution >= 0.6 is 0 Å². The molecule has 162 valence electrons. The average molecular weight is 420 g/mol. The van der Waals surface area contributed by atoms with Crippen molar-refractivity contribution in [1.29, 1.82) is 0 Å². The van der Waals surface area contributed by atoms with Crippen LogP contribution in [0.4, 0.5) is 5.69 Å². The molecule has 0 aromatic heterocycles. The quantitative estimate of drug-likeness (QED) is 0.484. The molecule has 0 unspecified atom stereocenters. The summed E-state index contributed by atoms with van der Waals surface area (Å²) in [5.41, 5.74) is 2.99. The monoisotopic (exact) mass is 419 g/mol. The molecule has 0 spiro atoms. The zero-order valence-electron chi connectivity index (χ0n) is 18.5. The summed E-state index contributed by atoms with van der Waals surface area (Å²) in [4.78, 5) is 12.8. The topological polar surface area (TPSA) is 56.8 Å². The second kappa shape index (κ2) is 10.1. The van der Waals surface area contributed by atoms with E-state index in [-0.39, 0.29) is 5.91 Å². The summed E-state index contributed by atoms with van der Waals surface area (Å²) in [6, 6.07) is 23.2. The van der Waals surface area contributed by atoms with Crippen LogP contribution in [0.1, 0.15) is 26.3 Å². The number of carbonyl (C=O) groups excluding carboxylic acids is 1. The fraction of sp³-hybridized carbons (Fsp3) is 0.269. The second-order valence-corrected chi connectivity index (χ2v) is 7.68. The minimum Gasteiger partial charge on any atom is -0.494 e. The molecule has 0 aliphatic rings. The van der Waals surface area contributed by atoms with E-state index >= 15 is 0 Å². The molecule has 5 heteroatoms. The Morgan fingerprint density at radius 2 is 1.39 bits per heavy atom. The Kier molecular flexibility index (Phi) is 7.32. The average Bonchev–Trinajstić information content (AvgIpc) is 2.76. The summed E-state index contributed by atoms with van der Waals surface area (Å²) in [5.74, 6) is 1.15. The number of anilines is 1. The van der Waals surface area contributed by atoms with Gasteiger partial charge in [0.2, 0.25) is 0 Å². The lowest BCUT2D eigenvalue weighted by molar-refractivity contribution is -0.128. The molecule has 0 fully saturated rings. The van der Waals surface area contributed by atoms with E-state index < -0.39 is 5.60 Å². The predicted molar refractivity (Wildman–Crippen MR) is 124 cm³/mol. The molecule has 0 saturated carbocycles. The van der Waals surface area contributed by atoms with Crippen molar-refractivity contribution in [1.82, 2.24) is 0 Å². The van der Waals surface area contributed by atoms with Gasteiger partial charge in [0.15, 0.2) is 5.60 Å². The molecule has 0 aliphatic heterocycles. The number of amides is 1. The zero-order valence-corrected chi connectivity index (χ0v) is 18.5. The summed E-state index contributed by atoms with van der Waals surface area (Å²) in [6.45, 7) is 6.62. The van der Waals surface area contributed by atoms with Crippen LogP contribution in [-0.2, 0) is 16.1 Å². The van der Waals surface area contributed by atoms with Crippen LogP contribution < -0.4 is 14.8 Å². The molecule has 3 rings (SSSR count). The third-order valence-corrected chi connectivity index (χ3v) is 4.80. The Morgan fingerprint density at radius 3 is 1.94 bits per heavy atom. The lowest BCUT2D eigenvalue weighted by atomic mass is 10.0. The van der Waals surface area contributed by atoms with E-state index in [1.165, 1.54) is 0 Å². The van der Waals surface area contributed by atoms with E-state index in [2.05, 4.69) is 29.6 Å². The first-order chi connectivity index (χ1) is 14.9. The van der Waals surface area contributed by atoms with Crippen LogP contribution in [-0.4, -0.2) is 25.2 Å². The molecule has 0 atom stereocenters. The number of nitrogens with one attached hydrogen (secondary N) is 1. The summed E-state index contributed by atoms with van der Waals surface area (Å²) in [7, 11) is 1.69. The van der Waals surface area contributed by atoms with Gasteiger partial charge in [0.05, 0.1) is 13.2 Å². The van der Waals surface area contributed by atoms with Crippen LogP contribution in [0, 0.1) is 0 Å². The Balaban J connectivity index is 1.62. The first-order valence-electron chi connectivity index (χ1n) is 10.3. The van der Waals surface area contributed by atoms with Gasteiger partial charge in [-0.1, -0.05) is 36.4 Å². The van der Waals surface area contributed by atoms with Gasteiger partial charge in [-0.25, -0.2) is 0 Å². The third kappa shape index (κ3) is 6.09. The summed E-state index contributed by atoms with van der Waals surface area (Å²) in [6.07, 6.45) is 0. The molecule has 3 aromatic carbocycles. The SMILES string of the molecule is CCOc1ccc(OC(C)(C)C(=O)Nc2ccc(-c3ccc(COC)cc3)cc2)cc1. The molecule has 0 aliphatic carbocycles. The fourth-order valence-corrected chi connectivity index (χ4v) is 3.10. The van der Waals surface area contributed by atoms with Crippen LogP contribution in [0.5, 0.6) is 11.5 Å². The van der Waals surface area contributed by atoms with E-state index in [0.29, 0.717) is 24.7 Å². The maximum absolute atomic E-state index is 12.8. The Morgan fingerprint density at radius 1 is 0.839 bits per heavy atom. The van der Waals surface area contributed by atoms with Crippen molar-refractivity contribution in [3.05, 3.63) is 78.4 Å². The highest BCUT2D eigenvalue weighted by Gasteiger charge is 2.30. The number of rotatable bonds is 9. The van der Waals surface area contributed by atoms with Crippen molar-refractivity contribution in [2.45, 2.75) is 33.0 Å². The lowest BCUT2D eigenvalue weighted by Gasteiger charge is -2.25. The van der Waals surface area contributed by atoms with Gasteiger partial charge in [-0.3, -0.25) is 4.79 Å². The minimum absolute atomic E-state index is 0.224. The van der Waals surface area contributed by atoms with E-state index in [9.17, 15) is 4.79 Å². The van der Waals surface area contributed by atoms with Crippen LogP contribution in [0.2, 0.25) is 0 Å². The summed E-state index contributed by atoms with van der Waals surface area (Å²) in [5, 5.41) is 2.93. The Labute approximate surface area is 184 Å². The van der Waals surface area contributed by atoms with Gasteiger partial charge < -0.3 is 19.5 Å². The van der Waals surface area contributed by atoms with Gasteiger partial charge in [0, 0.05) is 12.8 Å². The van der Waals surface area contributed by atoms with Crippen molar-refractivity contribution in [3.8, 4) is 22.6 Å². The summed E-state index contributed by atoms with van der Waals surface area (Å²) >= 11 is 0. The number of ether oxygens (including phenoxy) is 3. The molecule has 3 aromatic rings. The van der Waals surface area contributed by atoms with Crippen LogP contribution in [0.3, 0.4) is 0 Å². The smallest absolute Gasteiger partial charge is 0.267 e. The minimum atomic E-state index is -1.04. The molecule has 31 heavy (non-hydrogen) atoms. The van der Waals surface area contributed by atoms with Gasteiger partial charge in [-0.15, -0.1) is 0 Å². The molecule has 0 radical (unpaired) electrons. The van der Waals surface area contributed by atoms with Gasteiger partial charge in [-0.2, -0.15) is 0 Å². The van der Waals surface area contributed by atoms with Gasteiger partial charge in [0.1, 0.15) is 11.5 Å². The summed E-state index contributed by atoms with van der Waals surface area (Å²) < 4.78 is 16.5. The lowest BCUT2D eigenvalue weighted by Crippen LogP contribution is -2.42. The van der Waals surface area contributed by atoms with Crippen molar-refractivity contribution in [3.63, 3.8) is 0 Å². The maximum atomic E-state index is 12.8. The third-order valence-electron chi connectivity index (χ3n) is 4.80. The van der Waals surface area contributed by atoms with Crippen molar-refractivity contribution in [2.24, 2.45) is 0 Å². The predicted octanol–water partition coefficient (Wildman–Crippen LogP) is 5.69. The Bertz CT molecular complexity index is 977. The number of hydrogen-bond donors (Lipinski definition) is 1. The molecule has 5 nitrogen and oxygen atoms in total. The van der Waals surface area contributed by atoms with Crippen molar-refractivity contribution < 1.29 is 19.0 Å². The zero-order chi connectivity index (χ0) is 22.3. The van der Waals surface area contributed by atoms with E-state index in [0.717, 1.165) is 22.4 Å². The van der Waals surface area contributed by atoms with E-state index in [1.807, 2.05) is 43.3 Å². The molecule has 1 N–H and O–H groups in total. The molecule has 0 heterocycles. The molecule has 0 saturated heterocycles. The maximum Gasteiger partial charge on any atom is 0.267 e. The number of carbonyl (C=O) groups is 1. The van der Waals surface area contributed by atoms with E-state index in [4.69, 9.17) is 14.2 Å². The number of benzene rings is 3. The highest BCUT2D eigenvalue weighted by Crippen LogP contribution is 2.25. The van der Waals surface area contributed by atoms with Crippen molar-refractivity contribution >= 4 is 11.6 Å². The van der Waals surface area contributed by atoms with Gasteiger partial charge in [-0.05, 0) is 73.9 Å². The number of methoxy groups -OCH3 is 1. The highest BCUT2D eigenvalue weighted by atomic mass is 16.5.